The molecule has 2 rings (SSSR count). The summed E-state index contributed by atoms with van der Waals surface area (Å²) < 4.78 is 10.7. The number of benzene rings is 1. The minimum absolute atomic E-state index is 0.0373. The summed E-state index contributed by atoms with van der Waals surface area (Å²) in [5.41, 5.74) is 0.370. The summed E-state index contributed by atoms with van der Waals surface area (Å²) in [6, 6.07) is 9.77. The number of rotatable bonds is 6. The maximum absolute atomic E-state index is 12.1. The van der Waals surface area contributed by atoms with E-state index >= 15 is 0 Å². The van der Waals surface area contributed by atoms with Crippen molar-refractivity contribution in [3.63, 3.8) is 0 Å². The van der Waals surface area contributed by atoms with Crippen LogP contribution in [0.25, 0.3) is 0 Å². The Balaban J connectivity index is 1.82. The maximum atomic E-state index is 12.1. The van der Waals surface area contributed by atoms with Crippen molar-refractivity contribution in [2.24, 2.45) is 0 Å². The van der Waals surface area contributed by atoms with Crippen LogP contribution in [0.4, 0.5) is 0 Å². The monoisotopic (exact) mass is 386 g/mol. The lowest BCUT2D eigenvalue weighted by Gasteiger charge is -2.31. The minimum Gasteiger partial charge on any atom is -0.479 e. The van der Waals surface area contributed by atoms with Gasteiger partial charge in [-0.2, -0.15) is 5.26 Å². The van der Waals surface area contributed by atoms with Gasteiger partial charge in [0.15, 0.2) is 12.7 Å². The van der Waals surface area contributed by atoms with Crippen LogP contribution < -0.4 is 10.1 Å². The molecule has 1 fully saturated rings. The quantitative estimate of drug-likeness (QED) is 0.754. The molecular weight excluding hydrogens is 356 g/mol. The van der Waals surface area contributed by atoms with Gasteiger partial charge in [0, 0.05) is 0 Å². The van der Waals surface area contributed by atoms with Crippen LogP contribution in [0, 0.1) is 11.3 Å². The van der Waals surface area contributed by atoms with Gasteiger partial charge in [-0.1, -0.05) is 52.2 Å². The largest absolute Gasteiger partial charge is 0.479 e. The smallest absolute Gasteiger partial charge is 0.347 e. The van der Waals surface area contributed by atoms with Crippen molar-refractivity contribution in [1.82, 2.24) is 5.32 Å². The van der Waals surface area contributed by atoms with Gasteiger partial charge in [0.1, 0.15) is 11.3 Å². The van der Waals surface area contributed by atoms with Crippen molar-refractivity contribution in [3.05, 3.63) is 29.8 Å². The van der Waals surface area contributed by atoms with E-state index in [-0.39, 0.29) is 5.41 Å². The molecule has 0 spiro atoms. The fourth-order valence-corrected chi connectivity index (χ4v) is 3.26. The molecule has 1 saturated carbocycles. The molecule has 0 aliphatic heterocycles. The highest BCUT2D eigenvalue weighted by Crippen LogP contribution is 2.27. The molecule has 0 aromatic heterocycles. The standard InChI is InChI=1S/C22H30N2O4/c1-16(28-18-10-8-17(9-11-18)21(2,3)4)20(26)27-14-19(25)24-22(15-23)12-6-5-7-13-22/h8-11,16H,5-7,12-14H2,1-4H3,(H,24,25)/t16-/m1/s1. The Labute approximate surface area is 167 Å². The van der Waals surface area contributed by atoms with Crippen LogP contribution in [-0.4, -0.2) is 30.1 Å². The molecule has 1 aromatic carbocycles. The van der Waals surface area contributed by atoms with Gasteiger partial charge < -0.3 is 14.8 Å². The summed E-state index contributed by atoms with van der Waals surface area (Å²) in [5, 5.41) is 12.1. The zero-order valence-electron chi connectivity index (χ0n) is 17.2. The van der Waals surface area contributed by atoms with Gasteiger partial charge in [-0.25, -0.2) is 4.79 Å². The van der Waals surface area contributed by atoms with E-state index in [1.54, 1.807) is 6.92 Å². The average molecular weight is 386 g/mol. The summed E-state index contributed by atoms with van der Waals surface area (Å²) in [6.07, 6.45) is 3.31. The molecule has 1 aliphatic carbocycles. The van der Waals surface area contributed by atoms with Crippen LogP contribution in [-0.2, 0) is 19.7 Å². The summed E-state index contributed by atoms with van der Waals surface area (Å²) in [5.74, 6) is -0.518. The van der Waals surface area contributed by atoms with Gasteiger partial charge in [-0.3, -0.25) is 4.79 Å². The van der Waals surface area contributed by atoms with Gasteiger partial charge in [0.25, 0.3) is 5.91 Å². The van der Waals surface area contributed by atoms with E-state index < -0.39 is 30.1 Å². The molecule has 1 atom stereocenters. The van der Waals surface area contributed by atoms with E-state index in [1.165, 1.54) is 5.56 Å². The van der Waals surface area contributed by atoms with E-state index in [2.05, 4.69) is 32.2 Å². The van der Waals surface area contributed by atoms with E-state index in [0.717, 1.165) is 19.3 Å². The summed E-state index contributed by atoms with van der Waals surface area (Å²) >= 11 is 0. The molecule has 28 heavy (non-hydrogen) atoms. The third-order valence-corrected chi connectivity index (χ3v) is 5.01. The molecule has 0 bridgehead atoms. The number of esters is 1. The van der Waals surface area contributed by atoms with E-state index in [9.17, 15) is 14.9 Å². The first-order valence-corrected chi connectivity index (χ1v) is 9.81. The van der Waals surface area contributed by atoms with Crippen LogP contribution in [0.15, 0.2) is 24.3 Å². The van der Waals surface area contributed by atoms with Gasteiger partial charge in [0.2, 0.25) is 0 Å². The third-order valence-electron chi connectivity index (χ3n) is 5.01. The number of carbonyl (C=O) groups is 2. The Morgan fingerprint density at radius 1 is 1.18 bits per heavy atom. The molecule has 1 N–H and O–H groups in total. The van der Waals surface area contributed by atoms with Crippen molar-refractivity contribution < 1.29 is 19.1 Å². The van der Waals surface area contributed by atoms with E-state index in [0.29, 0.717) is 18.6 Å². The van der Waals surface area contributed by atoms with Gasteiger partial charge in [0.05, 0.1) is 6.07 Å². The van der Waals surface area contributed by atoms with E-state index in [4.69, 9.17) is 9.47 Å². The number of amides is 1. The second kappa shape index (κ2) is 9.09. The second-order valence-electron chi connectivity index (χ2n) is 8.44. The molecule has 1 aliphatic rings. The SMILES string of the molecule is C[C@@H](Oc1ccc(C(C)(C)C)cc1)C(=O)OCC(=O)NC1(C#N)CCCCC1. The zero-order valence-corrected chi connectivity index (χ0v) is 17.2. The Morgan fingerprint density at radius 2 is 1.79 bits per heavy atom. The summed E-state index contributed by atoms with van der Waals surface area (Å²) in [7, 11) is 0. The number of carbonyl (C=O) groups excluding carboxylic acids is 2. The van der Waals surface area contributed by atoms with Crippen LogP contribution in [0.3, 0.4) is 0 Å². The maximum Gasteiger partial charge on any atom is 0.347 e. The third kappa shape index (κ3) is 5.98. The molecule has 1 aromatic rings. The number of nitrogens with one attached hydrogen (secondary N) is 1. The lowest BCUT2D eigenvalue weighted by atomic mass is 9.83. The normalized spacial score (nSPS) is 17.1. The molecule has 6 nitrogen and oxygen atoms in total. The van der Waals surface area contributed by atoms with Crippen molar-refractivity contribution in [3.8, 4) is 11.8 Å². The zero-order chi connectivity index (χ0) is 20.8. The molecule has 0 unspecified atom stereocenters. The van der Waals surface area contributed by atoms with E-state index in [1.807, 2.05) is 24.3 Å². The number of nitriles is 1. The highest BCUT2D eigenvalue weighted by molar-refractivity contribution is 5.82. The number of hydrogen-bond donors (Lipinski definition) is 1. The summed E-state index contributed by atoms with van der Waals surface area (Å²) in [4.78, 5) is 24.2. The second-order valence-corrected chi connectivity index (χ2v) is 8.44. The molecule has 0 radical (unpaired) electrons. The molecule has 152 valence electrons. The highest BCUT2D eigenvalue weighted by Gasteiger charge is 2.33. The Bertz CT molecular complexity index is 722. The van der Waals surface area contributed by atoms with Crippen molar-refractivity contribution in [1.29, 1.82) is 5.26 Å². The first kappa shape index (κ1) is 21.7. The van der Waals surface area contributed by atoms with Crippen molar-refractivity contribution >= 4 is 11.9 Å². The predicted molar refractivity (Wildman–Crippen MR) is 106 cm³/mol. The molecule has 0 heterocycles. The fourth-order valence-electron chi connectivity index (χ4n) is 3.26. The minimum atomic E-state index is -0.840. The lowest BCUT2D eigenvalue weighted by molar-refractivity contribution is -0.155. The average Bonchev–Trinajstić information content (AvgIpc) is 2.66. The number of nitrogens with zero attached hydrogens (tertiary/aromatic N) is 1. The van der Waals surface area contributed by atoms with Gasteiger partial charge in [-0.15, -0.1) is 0 Å². The Morgan fingerprint density at radius 3 is 2.32 bits per heavy atom. The fraction of sp³-hybridized carbons (Fsp3) is 0.591. The molecule has 0 saturated heterocycles. The molecular formula is C22H30N2O4. The van der Waals surface area contributed by atoms with Gasteiger partial charge >= 0.3 is 5.97 Å². The predicted octanol–water partition coefficient (Wildman–Crippen LogP) is 3.64. The highest BCUT2D eigenvalue weighted by atomic mass is 16.6. The molecule has 1 amide bonds. The van der Waals surface area contributed by atoms with Crippen molar-refractivity contribution in [2.45, 2.75) is 76.9 Å². The topological polar surface area (TPSA) is 88.4 Å². The van der Waals surface area contributed by atoms with Crippen LogP contribution >= 0.6 is 0 Å². The number of ether oxygens (including phenoxy) is 2. The van der Waals surface area contributed by atoms with Crippen LogP contribution in [0.5, 0.6) is 5.75 Å². The lowest BCUT2D eigenvalue weighted by Crippen LogP contribution is -2.50. The number of hydrogen-bond acceptors (Lipinski definition) is 5. The van der Waals surface area contributed by atoms with Crippen LogP contribution in [0.2, 0.25) is 0 Å². The van der Waals surface area contributed by atoms with Gasteiger partial charge in [-0.05, 0) is 42.9 Å². The first-order valence-electron chi connectivity index (χ1n) is 9.81. The Kier molecular flexibility index (Phi) is 7.06. The first-order chi connectivity index (χ1) is 13.1. The molecule has 6 heteroatoms. The Hall–Kier alpha value is -2.55. The summed E-state index contributed by atoms with van der Waals surface area (Å²) in [6.45, 7) is 7.53. The van der Waals surface area contributed by atoms with Crippen LogP contribution in [0.1, 0.15) is 65.4 Å². The van der Waals surface area contributed by atoms with Crippen molar-refractivity contribution in [2.75, 3.05) is 6.61 Å².